The van der Waals surface area contributed by atoms with Crippen molar-refractivity contribution in [1.29, 1.82) is 0 Å². The van der Waals surface area contributed by atoms with Crippen molar-refractivity contribution >= 4 is 19.8 Å². The number of phosphoric acid groups is 1. The Balaban J connectivity index is 4.06. The standard InChI is InChI=1S/C32H61O10P/c1-3-5-7-9-11-13-14-15-16-18-20-22-24-32(36)42-30(26-34)28-40-43(37,38)39-27-29(25-33)41-31(35)23-21-19-17-12-10-8-6-4-2/h11,13,29-30,33-34H,3-10,12,14-28H2,1-2H3,(H,37,38)/b13-11-. The van der Waals surface area contributed by atoms with Crippen molar-refractivity contribution in [3.63, 3.8) is 0 Å². The van der Waals surface area contributed by atoms with Crippen LogP contribution in [0, 0.1) is 0 Å². The Bertz CT molecular complexity index is 746. The molecule has 254 valence electrons. The Morgan fingerprint density at radius 2 is 0.953 bits per heavy atom. The smallest absolute Gasteiger partial charge is 0.457 e. The van der Waals surface area contributed by atoms with Crippen LogP contribution in [0.3, 0.4) is 0 Å². The molecule has 0 aliphatic heterocycles. The van der Waals surface area contributed by atoms with E-state index in [0.29, 0.717) is 12.8 Å². The highest BCUT2D eigenvalue weighted by Gasteiger charge is 2.27. The number of carbonyl (C=O) groups excluding carboxylic acids is 2. The van der Waals surface area contributed by atoms with Gasteiger partial charge < -0.3 is 24.6 Å². The predicted octanol–water partition coefficient (Wildman–Crippen LogP) is 7.33. The van der Waals surface area contributed by atoms with E-state index in [0.717, 1.165) is 57.8 Å². The van der Waals surface area contributed by atoms with Gasteiger partial charge in [-0.3, -0.25) is 18.6 Å². The van der Waals surface area contributed by atoms with E-state index in [1.165, 1.54) is 44.9 Å². The van der Waals surface area contributed by atoms with Crippen molar-refractivity contribution in [2.75, 3.05) is 26.4 Å². The van der Waals surface area contributed by atoms with E-state index in [1.807, 2.05) is 0 Å². The molecule has 43 heavy (non-hydrogen) atoms. The Morgan fingerprint density at radius 3 is 1.37 bits per heavy atom. The van der Waals surface area contributed by atoms with Crippen molar-refractivity contribution in [1.82, 2.24) is 0 Å². The molecular weight excluding hydrogens is 575 g/mol. The van der Waals surface area contributed by atoms with Gasteiger partial charge in [0.25, 0.3) is 0 Å². The van der Waals surface area contributed by atoms with Crippen molar-refractivity contribution in [2.45, 2.75) is 154 Å². The van der Waals surface area contributed by atoms with E-state index in [1.54, 1.807) is 0 Å². The van der Waals surface area contributed by atoms with Gasteiger partial charge in [-0.2, -0.15) is 0 Å². The summed E-state index contributed by atoms with van der Waals surface area (Å²) in [5.74, 6) is -1.03. The lowest BCUT2D eigenvalue weighted by Crippen LogP contribution is -2.28. The molecule has 0 heterocycles. The molecule has 0 aliphatic carbocycles. The number of rotatable bonds is 31. The van der Waals surface area contributed by atoms with Gasteiger partial charge in [-0.25, -0.2) is 4.57 Å². The molecule has 0 aromatic rings. The molecule has 0 aromatic carbocycles. The second kappa shape index (κ2) is 29.4. The number of aliphatic hydroxyl groups excluding tert-OH is 2. The molecule has 3 atom stereocenters. The summed E-state index contributed by atoms with van der Waals surface area (Å²) in [4.78, 5) is 34.1. The third-order valence-corrected chi connectivity index (χ3v) is 7.93. The maximum atomic E-state index is 12.2. The predicted molar refractivity (Wildman–Crippen MR) is 168 cm³/mol. The fraction of sp³-hybridized carbons (Fsp3) is 0.875. The van der Waals surface area contributed by atoms with Crippen molar-refractivity contribution in [3.8, 4) is 0 Å². The summed E-state index contributed by atoms with van der Waals surface area (Å²) in [5, 5.41) is 19.0. The third-order valence-electron chi connectivity index (χ3n) is 6.98. The van der Waals surface area contributed by atoms with Crippen LogP contribution in [-0.2, 0) is 32.7 Å². The van der Waals surface area contributed by atoms with Gasteiger partial charge in [-0.15, -0.1) is 0 Å². The average molecular weight is 637 g/mol. The minimum Gasteiger partial charge on any atom is -0.457 e. The Kier molecular flexibility index (Phi) is 28.5. The molecule has 0 radical (unpaired) electrons. The van der Waals surface area contributed by atoms with Crippen molar-refractivity contribution < 1.29 is 47.8 Å². The molecule has 0 saturated heterocycles. The topological polar surface area (TPSA) is 149 Å². The normalized spacial score (nSPS) is 14.4. The molecule has 0 saturated carbocycles. The van der Waals surface area contributed by atoms with E-state index >= 15 is 0 Å². The zero-order valence-corrected chi connectivity index (χ0v) is 27.8. The molecule has 0 rings (SSSR count). The largest absolute Gasteiger partial charge is 0.472 e. The van der Waals surface area contributed by atoms with Crippen LogP contribution in [0.25, 0.3) is 0 Å². The fourth-order valence-electron chi connectivity index (χ4n) is 4.34. The summed E-state index contributed by atoms with van der Waals surface area (Å²) >= 11 is 0. The lowest BCUT2D eigenvalue weighted by Gasteiger charge is -2.20. The van der Waals surface area contributed by atoms with Crippen LogP contribution in [0.5, 0.6) is 0 Å². The van der Waals surface area contributed by atoms with Gasteiger partial charge in [0.2, 0.25) is 0 Å². The van der Waals surface area contributed by atoms with Crippen LogP contribution in [0.4, 0.5) is 0 Å². The van der Waals surface area contributed by atoms with E-state index in [2.05, 4.69) is 26.0 Å². The number of unbranched alkanes of at least 4 members (excludes halogenated alkanes) is 15. The summed E-state index contributed by atoms with van der Waals surface area (Å²) in [6.07, 6.45) is 22.1. The highest BCUT2D eigenvalue weighted by atomic mass is 31.2. The molecule has 3 unspecified atom stereocenters. The van der Waals surface area contributed by atoms with Gasteiger partial charge in [-0.05, 0) is 38.5 Å². The SMILES string of the molecule is CCCCC/C=C\CCCCCCCC(=O)OC(CO)COP(=O)(O)OCC(CO)OC(=O)CCCCCCCCCC. The molecule has 11 heteroatoms. The fourth-order valence-corrected chi connectivity index (χ4v) is 5.13. The summed E-state index contributed by atoms with van der Waals surface area (Å²) in [5.41, 5.74) is 0. The van der Waals surface area contributed by atoms with Gasteiger partial charge in [0, 0.05) is 12.8 Å². The molecule has 0 fully saturated rings. The van der Waals surface area contributed by atoms with Crippen LogP contribution in [-0.4, -0.2) is 65.7 Å². The van der Waals surface area contributed by atoms with Gasteiger partial charge >= 0.3 is 19.8 Å². The molecule has 0 amide bonds. The van der Waals surface area contributed by atoms with Crippen LogP contribution >= 0.6 is 7.82 Å². The molecule has 10 nitrogen and oxygen atoms in total. The van der Waals surface area contributed by atoms with Gasteiger partial charge in [0.15, 0.2) is 0 Å². The molecule has 0 aliphatic rings. The average Bonchev–Trinajstić information content (AvgIpc) is 2.99. The number of allylic oxidation sites excluding steroid dienone is 2. The second-order valence-electron chi connectivity index (χ2n) is 11.1. The summed E-state index contributed by atoms with van der Waals surface area (Å²) in [6, 6.07) is 0. The molecular formula is C32H61O10P. The molecule has 0 bridgehead atoms. The quantitative estimate of drug-likeness (QED) is 0.0306. The van der Waals surface area contributed by atoms with Crippen LogP contribution in [0.15, 0.2) is 12.2 Å². The number of esters is 2. The monoisotopic (exact) mass is 636 g/mol. The van der Waals surface area contributed by atoms with E-state index in [9.17, 15) is 29.3 Å². The number of hydrogen-bond acceptors (Lipinski definition) is 9. The van der Waals surface area contributed by atoms with Gasteiger partial charge in [-0.1, -0.05) is 103 Å². The van der Waals surface area contributed by atoms with E-state index in [-0.39, 0.29) is 12.8 Å². The maximum Gasteiger partial charge on any atom is 0.472 e. The first-order valence-electron chi connectivity index (χ1n) is 16.6. The minimum absolute atomic E-state index is 0.184. The first-order chi connectivity index (χ1) is 20.8. The first-order valence-corrected chi connectivity index (χ1v) is 18.1. The Labute approximate surface area is 260 Å². The molecule has 0 aromatic heterocycles. The number of hydrogen-bond donors (Lipinski definition) is 3. The lowest BCUT2D eigenvalue weighted by molar-refractivity contribution is -0.153. The minimum atomic E-state index is -4.61. The third kappa shape index (κ3) is 28.0. The van der Waals surface area contributed by atoms with Gasteiger partial charge in [0.1, 0.15) is 12.2 Å². The van der Waals surface area contributed by atoms with Crippen molar-refractivity contribution in [2.24, 2.45) is 0 Å². The van der Waals surface area contributed by atoms with Crippen LogP contribution < -0.4 is 0 Å². The number of ether oxygens (including phenoxy) is 2. The summed E-state index contributed by atoms with van der Waals surface area (Å²) < 4.78 is 32.2. The highest BCUT2D eigenvalue weighted by molar-refractivity contribution is 7.47. The Morgan fingerprint density at radius 1 is 0.605 bits per heavy atom. The van der Waals surface area contributed by atoms with E-state index < -0.39 is 58.4 Å². The van der Waals surface area contributed by atoms with Crippen LogP contribution in [0.1, 0.15) is 142 Å². The van der Waals surface area contributed by atoms with E-state index in [4.69, 9.17) is 18.5 Å². The number of aliphatic hydroxyl groups is 2. The van der Waals surface area contributed by atoms with Crippen LogP contribution in [0.2, 0.25) is 0 Å². The zero-order valence-electron chi connectivity index (χ0n) is 26.9. The first kappa shape index (κ1) is 41.7. The number of carbonyl (C=O) groups is 2. The summed E-state index contributed by atoms with van der Waals surface area (Å²) in [6.45, 7) is 2.10. The lowest BCUT2D eigenvalue weighted by atomic mass is 10.1. The zero-order chi connectivity index (χ0) is 32.0. The second-order valence-corrected chi connectivity index (χ2v) is 12.6. The number of phosphoric ester groups is 1. The molecule has 3 N–H and O–H groups in total. The summed E-state index contributed by atoms with van der Waals surface area (Å²) in [7, 11) is -4.61. The van der Waals surface area contributed by atoms with Crippen molar-refractivity contribution in [3.05, 3.63) is 12.2 Å². The maximum absolute atomic E-state index is 12.2. The van der Waals surface area contributed by atoms with Gasteiger partial charge in [0.05, 0.1) is 26.4 Å². The molecule has 0 spiro atoms. The highest BCUT2D eigenvalue weighted by Crippen LogP contribution is 2.43. The Hall–Kier alpha value is -1.29.